The van der Waals surface area contributed by atoms with Gasteiger partial charge in [0, 0.05) is 44.2 Å². The van der Waals surface area contributed by atoms with Crippen molar-refractivity contribution >= 4 is 5.91 Å². The normalized spacial score (nSPS) is 22.5. The first-order valence-electron chi connectivity index (χ1n) is 8.13. The van der Waals surface area contributed by atoms with E-state index in [4.69, 9.17) is 4.74 Å². The minimum Gasteiger partial charge on any atom is -0.378 e. The van der Waals surface area contributed by atoms with Gasteiger partial charge in [-0.1, -0.05) is 0 Å². The molecule has 2 rings (SSSR count). The molecular formula is C17H29N3O2. The minimum atomic E-state index is 0.00505. The molecule has 5 nitrogen and oxygen atoms in total. The number of hydrogen-bond acceptors (Lipinski definition) is 3. The van der Waals surface area contributed by atoms with Crippen LogP contribution in [0.2, 0.25) is 0 Å². The third-order valence-electron chi connectivity index (χ3n) is 4.78. The molecule has 2 heterocycles. The monoisotopic (exact) mass is 307 g/mol. The van der Waals surface area contributed by atoms with E-state index in [9.17, 15) is 4.79 Å². The molecule has 0 bridgehead atoms. The van der Waals surface area contributed by atoms with E-state index in [1.807, 2.05) is 19.9 Å². The lowest BCUT2D eigenvalue weighted by molar-refractivity contribution is 0.0753. The van der Waals surface area contributed by atoms with Crippen LogP contribution in [-0.2, 0) is 11.3 Å². The predicted molar refractivity (Wildman–Crippen MR) is 88.3 cm³/mol. The molecule has 1 aromatic heterocycles. The summed E-state index contributed by atoms with van der Waals surface area (Å²) in [6.07, 6.45) is 0.0565. The molecule has 0 aliphatic carbocycles. The van der Waals surface area contributed by atoms with E-state index in [1.54, 1.807) is 7.11 Å². The molecule has 1 N–H and O–H groups in total. The van der Waals surface area contributed by atoms with E-state index in [-0.39, 0.29) is 18.1 Å². The Balaban J connectivity index is 2.11. The molecule has 0 spiro atoms. The standard InChI is InChI=1S/C17H29N3O2/c1-7-20-12(4)8-14(13(20)5)17(21)18-15-9-19(11(2)3)10-16(15)22-6/h8,11,15-16H,7,9-10H2,1-6H3,(H,18,21)/t15-,16-/m1/s1. The van der Waals surface area contributed by atoms with Crippen LogP contribution in [0.5, 0.6) is 0 Å². The molecule has 124 valence electrons. The average molecular weight is 307 g/mol. The van der Waals surface area contributed by atoms with Crippen molar-refractivity contribution in [3.05, 3.63) is 23.0 Å². The average Bonchev–Trinajstić information content (AvgIpc) is 3.00. The van der Waals surface area contributed by atoms with E-state index in [2.05, 4.69) is 35.6 Å². The highest BCUT2D eigenvalue weighted by atomic mass is 16.5. The molecule has 2 atom stereocenters. The van der Waals surface area contributed by atoms with Gasteiger partial charge in [0.2, 0.25) is 0 Å². The van der Waals surface area contributed by atoms with Crippen LogP contribution in [0.25, 0.3) is 0 Å². The van der Waals surface area contributed by atoms with Gasteiger partial charge in [-0.3, -0.25) is 9.69 Å². The molecule has 0 aromatic carbocycles. The number of aryl methyl sites for hydroxylation is 1. The molecule has 0 radical (unpaired) electrons. The molecule has 1 fully saturated rings. The van der Waals surface area contributed by atoms with Crippen LogP contribution < -0.4 is 5.32 Å². The topological polar surface area (TPSA) is 46.5 Å². The van der Waals surface area contributed by atoms with Crippen molar-refractivity contribution in [1.82, 2.24) is 14.8 Å². The number of likely N-dealkylation sites (tertiary alicyclic amines) is 1. The lowest BCUT2D eigenvalue weighted by atomic mass is 10.1. The SMILES string of the molecule is CCn1c(C)cc(C(=O)N[C@@H]2CN(C(C)C)C[C@H]2OC)c1C. The maximum atomic E-state index is 12.6. The van der Waals surface area contributed by atoms with Crippen LogP contribution in [0.3, 0.4) is 0 Å². The third kappa shape index (κ3) is 3.20. The van der Waals surface area contributed by atoms with E-state index in [1.165, 1.54) is 0 Å². The molecule has 1 amide bonds. The molecule has 0 unspecified atom stereocenters. The van der Waals surface area contributed by atoms with Crippen molar-refractivity contribution in [2.24, 2.45) is 0 Å². The number of amides is 1. The van der Waals surface area contributed by atoms with Gasteiger partial charge in [-0.05, 0) is 40.7 Å². The number of carbonyl (C=O) groups excluding carboxylic acids is 1. The highest BCUT2D eigenvalue weighted by Gasteiger charge is 2.35. The largest absolute Gasteiger partial charge is 0.378 e. The predicted octanol–water partition coefficient (Wildman–Crippen LogP) is 1.96. The molecule has 1 aliphatic heterocycles. The van der Waals surface area contributed by atoms with Gasteiger partial charge < -0.3 is 14.6 Å². The molecule has 1 saturated heterocycles. The van der Waals surface area contributed by atoms with Crippen LogP contribution in [-0.4, -0.2) is 53.8 Å². The Bertz CT molecular complexity index is 536. The van der Waals surface area contributed by atoms with E-state index >= 15 is 0 Å². The summed E-state index contributed by atoms with van der Waals surface area (Å²) in [5, 5.41) is 3.17. The fourth-order valence-corrected chi connectivity index (χ4v) is 3.37. The van der Waals surface area contributed by atoms with Gasteiger partial charge in [0.25, 0.3) is 5.91 Å². The van der Waals surface area contributed by atoms with Crippen LogP contribution in [0, 0.1) is 13.8 Å². The summed E-state index contributed by atoms with van der Waals surface area (Å²) in [5.74, 6) is 0.00505. The Morgan fingerprint density at radius 1 is 1.41 bits per heavy atom. The van der Waals surface area contributed by atoms with Crippen molar-refractivity contribution < 1.29 is 9.53 Å². The second kappa shape index (κ2) is 6.84. The summed E-state index contributed by atoms with van der Waals surface area (Å²) in [6.45, 7) is 13.1. The van der Waals surface area contributed by atoms with E-state index in [0.29, 0.717) is 6.04 Å². The summed E-state index contributed by atoms with van der Waals surface area (Å²) < 4.78 is 7.72. The van der Waals surface area contributed by atoms with Crippen LogP contribution in [0.4, 0.5) is 0 Å². The van der Waals surface area contributed by atoms with Gasteiger partial charge in [0.05, 0.1) is 17.7 Å². The van der Waals surface area contributed by atoms with Crippen molar-refractivity contribution in [1.29, 1.82) is 0 Å². The first-order chi connectivity index (χ1) is 10.4. The lowest BCUT2D eigenvalue weighted by Gasteiger charge is -2.20. The maximum Gasteiger partial charge on any atom is 0.253 e. The molecule has 5 heteroatoms. The smallest absolute Gasteiger partial charge is 0.253 e. The Morgan fingerprint density at radius 3 is 2.59 bits per heavy atom. The highest BCUT2D eigenvalue weighted by molar-refractivity contribution is 5.96. The third-order valence-corrected chi connectivity index (χ3v) is 4.78. The summed E-state index contributed by atoms with van der Waals surface area (Å²) >= 11 is 0. The zero-order valence-corrected chi connectivity index (χ0v) is 14.6. The van der Waals surface area contributed by atoms with Crippen LogP contribution in [0.1, 0.15) is 42.5 Å². The van der Waals surface area contributed by atoms with Gasteiger partial charge in [-0.15, -0.1) is 0 Å². The highest BCUT2D eigenvalue weighted by Crippen LogP contribution is 2.19. The Hall–Kier alpha value is -1.33. The Kier molecular flexibility index (Phi) is 5.29. The number of nitrogens with zero attached hydrogens (tertiary/aromatic N) is 2. The van der Waals surface area contributed by atoms with E-state index < -0.39 is 0 Å². The Labute approximate surface area is 133 Å². The van der Waals surface area contributed by atoms with Gasteiger partial charge in [0.15, 0.2) is 0 Å². The minimum absolute atomic E-state index is 0.00505. The van der Waals surface area contributed by atoms with Crippen molar-refractivity contribution in [2.45, 2.75) is 59.4 Å². The summed E-state index contributed by atoms with van der Waals surface area (Å²) in [7, 11) is 1.72. The van der Waals surface area contributed by atoms with Gasteiger partial charge in [-0.25, -0.2) is 0 Å². The summed E-state index contributed by atoms with van der Waals surface area (Å²) in [4.78, 5) is 15.0. The number of aromatic nitrogens is 1. The van der Waals surface area contributed by atoms with Crippen molar-refractivity contribution in [2.75, 3.05) is 20.2 Å². The number of hydrogen-bond donors (Lipinski definition) is 1. The summed E-state index contributed by atoms with van der Waals surface area (Å²) in [6, 6.07) is 2.49. The first-order valence-corrected chi connectivity index (χ1v) is 8.13. The molecule has 1 aromatic rings. The maximum absolute atomic E-state index is 12.6. The number of rotatable bonds is 5. The quantitative estimate of drug-likeness (QED) is 0.904. The second-order valence-corrected chi connectivity index (χ2v) is 6.43. The fraction of sp³-hybridized carbons (Fsp3) is 0.706. The second-order valence-electron chi connectivity index (χ2n) is 6.43. The first kappa shape index (κ1) is 17.0. The van der Waals surface area contributed by atoms with Gasteiger partial charge >= 0.3 is 0 Å². The van der Waals surface area contributed by atoms with E-state index in [0.717, 1.165) is 36.6 Å². The molecule has 0 saturated carbocycles. The van der Waals surface area contributed by atoms with Gasteiger partial charge in [-0.2, -0.15) is 0 Å². The van der Waals surface area contributed by atoms with Crippen molar-refractivity contribution in [3.63, 3.8) is 0 Å². The number of nitrogens with one attached hydrogen (secondary N) is 1. The Morgan fingerprint density at radius 2 is 2.09 bits per heavy atom. The zero-order chi connectivity index (χ0) is 16.4. The van der Waals surface area contributed by atoms with Gasteiger partial charge in [0.1, 0.15) is 0 Å². The number of ether oxygens (including phenoxy) is 1. The zero-order valence-electron chi connectivity index (χ0n) is 14.6. The fourth-order valence-electron chi connectivity index (χ4n) is 3.37. The number of methoxy groups -OCH3 is 1. The van der Waals surface area contributed by atoms with Crippen LogP contribution in [0.15, 0.2) is 6.07 Å². The molecular weight excluding hydrogens is 278 g/mol. The van der Waals surface area contributed by atoms with Crippen LogP contribution >= 0.6 is 0 Å². The lowest BCUT2D eigenvalue weighted by Crippen LogP contribution is -2.43. The molecule has 22 heavy (non-hydrogen) atoms. The number of carbonyl (C=O) groups is 1. The summed E-state index contributed by atoms with van der Waals surface area (Å²) in [5.41, 5.74) is 2.94. The van der Waals surface area contributed by atoms with Crippen molar-refractivity contribution in [3.8, 4) is 0 Å². The molecule has 1 aliphatic rings.